The molecule has 0 radical (unpaired) electrons. The molecule has 8 nitrogen and oxygen atoms in total. The molecule has 0 aromatic carbocycles. The highest BCUT2D eigenvalue weighted by Gasteiger charge is 2.20. The Morgan fingerprint density at radius 2 is 1.18 bits per heavy atom. The number of cyclic esters (lactones) is 2. The van der Waals surface area contributed by atoms with Gasteiger partial charge < -0.3 is 29.9 Å². The zero-order valence-electron chi connectivity index (χ0n) is 16.4. The highest BCUT2D eigenvalue weighted by molar-refractivity contribution is 5.82. The molecule has 8 heteroatoms. The van der Waals surface area contributed by atoms with E-state index in [1.165, 1.54) is 12.2 Å². The Bertz CT molecular complexity index is 492. The van der Waals surface area contributed by atoms with Gasteiger partial charge in [-0.2, -0.15) is 0 Å². The van der Waals surface area contributed by atoms with Crippen molar-refractivity contribution in [2.75, 3.05) is 0 Å². The lowest BCUT2D eigenvalue weighted by atomic mass is 10.0. The maximum atomic E-state index is 12.0. The maximum absolute atomic E-state index is 12.0. The van der Waals surface area contributed by atoms with Gasteiger partial charge in [-0.3, -0.25) is 0 Å². The van der Waals surface area contributed by atoms with Crippen molar-refractivity contribution in [3.8, 4) is 0 Å². The average Bonchev–Trinajstić information content (AvgIpc) is 2.59. The van der Waals surface area contributed by atoms with Crippen molar-refractivity contribution in [3.63, 3.8) is 0 Å². The van der Waals surface area contributed by atoms with E-state index < -0.39 is 48.6 Å². The topological polar surface area (TPSA) is 134 Å². The summed E-state index contributed by atoms with van der Waals surface area (Å²) in [4.78, 5) is 23.9. The standard InChI is InChI=1S/C20H32O8/c1-13(21)11-17-7-3-15(23)6-10-20(26)28-18(12-14(2)22)8-4-16(24)5-9-19(25)27-17/h5-6,9-10,13-18,21-24H,3-4,7-8,11-12H2,1-2H3. The second-order valence-corrected chi connectivity index (χ2v) is 7.29. The van der Waals surface area contributed by atoms with Crippen LogP contribution in [0.5, 0.6) is 0 Å². The lowest BCUT2D eigenvalue weighted by Crippen LogP contribution is -2.25. The molecule has 1 heterocycles. The molecular weight excluding hydrogens is 368 g/mol. The van der Waals surface area contributed by atoms with Gasteiger partial charge in [0.15, 0.2) is 0 Å². The van der Waals surface area contributed by atoms with Crippen LogP contribution in [0.15, 0.2) is 24.3 Å². The first kappa shape index (κ1) is 24.3. The third kappa shape index (κ3) is 11.2. The first-order valence-corrected chi connectivity index (χ1v) is 9.65. The molecule has 1 aliphatic rings. The molecule has 28 heavy (non-hydrogen) atoms. The van der Waals surface area contributed by atoms with Gasteiger partial charge in [0.2, 0.25) is 0 Å². The summed E-state index contributed by atoms with van der Waals surface area (Å²) in [5, 5.41) is 39.1. The van der Waals surface area contributed by atoms with E-state index >= 15 is 0 Å². The molecule has 6 unspecified atom stereocenters. The molecule has 0 fully saturated rings. The predicted molar refractivity (Wildman–Crippen MR) is 101 cm³/mol. The second-order valence-electron chi connectivity index (χ2n) is 7.29. The summed E-state index contributed by atoms with van der Waals surface area (Å²) in [6.07, 6.45) is 1.81. The molecule has 1 rings (SSSR count). The van der Waals surface area contributed by atoms with Crippen molar-refractivity contribution in [1.82, 2.24) is 0 Å². The second kappa shape index (κ2) is 12.7. The van der Waals surface area contributed by atoms with Gasteiger partial charge >= 0.3 is 11.9 Å². The number of aliphatic hydroxyl groups excluding tert-OH is 4. The molecule has 0 aliphatic carbocycles. The van der Waals surface area contributed by atoms with E-state index in [0.29, 0.717) is 0 Å². The smallest absolute Gasteiger partial charge is 0.330 e. The zero-order valence-corrected chi connectivity index (χ0v) is 16.4. The van der Waals surface area contributed by atoms with Gasteiger partial charge in [-0.15, -0.1) is 0 Å². The summed E-state index contributed by atoms with van der Waals surface area (Å²) < 4.78 is 10.6. The van der Waals surface area contributed by atoms with Crippen LogP contribution in [-0.4, -0.2) is 69.0 Å². The fraction of sp³-hybridized carbons (Fsp3) is 0.700. The first-order chi connectivity index (χ1) is 13.2. The third-order valence-corrected chi connectivity index (χ3v) is 4.25. The molecule has 0 aromatic heterocycles. The van der Waals surface area contributed by atoms with E-state index in [1.54, 1.807) is 13.8 Å². The van der Waals surface area contributed by atoms with Crippen molar-refractivity contribution in [2.45, 2.75) is 89.0 Å². The van der Waals surface area contributed by atoms with Crippen LogP contribution in [0.4, 0.5) is 0 Å². The number of ether oxygens (including phenoxy) is 2. The summed E-state index contributed by atoms with van der Waals surface area (Å²) in [5.41, 5.74) is 0. The van der Waals surface area contributed by atoms with Crippen LogP contribution in [0.3, 0.4) is 0 Å². The van der Waals surface area contributed by atoms with Crippen LogP contribution >= 0.6 is 0 Å². The Hall–Kier alpha value is -1.74. The number of hydrogen-bond donors (Lipinski definition) is 4. The van der Waals surface area contributed by atoms with Crippen molar-refractivity contribution >= 4 is 11.9 Å². The van der Waals surface area contributed by atoms with Crippen LogP contribution in [0, 0.1) is 0 Å². The molecule has 0 saturated heterocycles. The molecule has 0 aromatic rings. The van der Waals surface area contributed by atoms with E-state index in [0.717, 1.165) is 12.2 Å². The predicted octanol–water partition coefficient (Wildman–Crippen LogP) is 0.760. The Kier molecular flexibility index (Phi) is 11.0. The van der Waals surface area contributed by atoms with Crippen molar-refractivity contribution in [2.24, 2.45) is 0 Å². The third-order valence-electron chi connectivity index (χ3n) is 4.25. The zero-order chi connectivity index (χ0) is 21.1. The molecule has 1 aliphatic heterocycles. The van der Waals surface area contributed by atoms with Gasteiger partial charge in [0, 0.05) is 25.0 Å². The highest BCUT2D eigenvalue weighted by Crippen LogP contribution is 2.16. The summed E-state index contributed by atoms with van der Waals surface area (Å²) in [5.74, 6) is -1.29. The maximum Gasteiger partial charge on any atom is 0.330 e. The van der Waals surface area contributed by atoms with Crippen LogP contribution < -0.4 is 0 Å². The number of hydrogen-bond acceptors (Lipinski definition) is 8. The van der Waals surface area contributed by atoms with E-state index in [1.807, 2.05) is 0 Å². The number of esters is 2. The van der Waals surface area contributed by atoms with Crippen LogP contribution in [-0.2, 0) is 19.1 Å². The van der Waals surface area contributed by atoms with E-state index in [4.69, 9.17) is 9.47 Å². The summed E-state index contributed by atoms with van der Waals surface area (Å²) in [7, 11) is 0. The average molecular weight is 400 g/mol. The Morgan fingerprint density at radius 3 is 1.50 bits per heavy atom. The Balaban J connectivity index is 2.89. The number of carbonyl (C=O) groups is 2. The van der Waals surface area contributed by atoms with Gasteiger partial charge in [-0.05, 0) is 51.7 Å². The van der Waals surface area contributed by atoms with Crippen molar-refractivity contribution in [1.29, 1.82) is 0 Å². The molecular formula is C20H32O8. The van der Waals surface area contributed by atoms with Gasteiger partial charge in [0.1, 0.15) is 12.2 Å². The van der Waals surface area contributed by atoms with Gasteiger partial charge in [0.25, 0.3) is 0 Å². The minimum Gasteiger partial charge on any atom is -0.459 e. The van der Waals surface area contributed by atoms with Crippen molar-refractivity contribution in [3.05, 3.63) is 24.3 Å². The Morgan fingerprint density at radius 1 is 0.821 bits per heavy atom. The summed E-state index contributed by atoms with van der Waals surface area (Å²) >= 11 is 0. The van der Waals surface area contributed by atoms with Gasteiger partial charge in [-0.1, -0.05) is 0 Å². The molecule has 160 valence electrons. The highest BCUT2D eigenvalue weighted by atomic mass is 16.5. The molecule has 0 bridgehead atoms. The molecule has 0 spiro atoms. The van der Waals surface area contributed by atoms with Gasteiger partial charge in [0.05, 0.1) is 24.4 Å². The van der Waals surface area contributed by atoms with Crippen LogP contribution in [0.25, 0.3) is 0 Å². The fourth-order valence-electron chi connectivity index (χ4n) is 2.90. The summed E-state index contributed by atoms with van der Waals surface area (Å²) in [6, 6.07) is 0. The number of rotatable bonds is 4. The molecule has 6 atom stereocenters. The lowest BCUT2D eigenvalue weighted by Gasteiger charge is -2.21. The number of carbonyl (C=O) groups excluding carboxylic acids is 2. The fourth-order valence-corrected chi connectivity index (χ4v) is 2.90. The van der Waals surface area contributed by atoms with E-state index in [2.05, 4.69) is 0 Å². The minimum atomic E-state index is -0.941. The van der Waals surface area contributed by atoms with Crippen LogP contribution in [0.1, 0.15) is 52.4 Å². The number of aliphatic hydroxyl groups is 4. The minimum absolute atomic E-state index is 0.210. The van der Waals surface area contributed by atoms with Gasteiger partial charge in [-0.25, -0.2) is 9.59 Å². The monoisotopic (exact) mass is 400 g/mol. The van der Waals surface area contributed by atoms with E-state index in [9.17, 15) is 30.0 Å². The molecule has 4 N–H and O–H groups in total. The van der Waals surface area contributed by atoms with Crippen molar-refractivity contribution < 1.29 is 39.5 Å². The summed E-state index contributed by atoms with van der Waals surface area (Å²) in [6.45, 7) is 3.14. The largest absolute Gasteiger partial charge is 0.459 e. The first-order valence-electron chi connectivity index (χ1n) is 9.65. The quantitative estimate of drug-likeness (QED) is 0.508. The van der Waals surface area contributed by atoms with E-state index in [-0.39, 0.29) is 38.5 Å². The molecule has 0 amide bonds. The van der Waals surface area contributed by atoms with Crippen LogP contribution in [0.2, 0.25) is 0 Å². The SMILES string of the molecule is CC(O)CC1CCC(O)C=CC(=O)OC(CC(C)O)CCC(O)C=CC(=O)O1. The molecule has 0 saturated carbocycles. The normalized spacial score (nSPS) is 30.4. The lowest BCUT2D eigenvalue weighted by molar-refractivity contribution is -0.145. The Labute approximate surface area is 165 Å².